The quantitative estimate of drug-likeness (QED) is 0.356. The molecule has 0 atom stereocenters. The molecule has 30 heavy (non-hydrogen) atoms. The summed E-state index contributed by atoms with van der Waals surface area (Å²) < 4.78 is 11.7. The fourth-order valence-electron chi connectivity index (χ4n) is 3.61. The smallest absolute Gasteiger partial charge is 0.336 e. The van der Waals surface area contributed by atoms with E-state index in [2.05, 4.69) is 0 Å². The van der Waals surface area contributed by atoms with E-state index in [1.807, 2.05) is 50.3 Å². The molecule has 0 saturated carbocycles. The first-order chi connectivity index (χ1) is 14.2. The topological polar surface area (TPSA) is 76.7 Å². The van der Waals surface area contributed by atoms with Gasteiger partial charge in [0.25, 0.3) is 0 Å². The highest BCUT2D eigenvalue weighted by Crippen LogP contribution is 2.48. The van der Waals surface area contributed by atoms with E-state index < -0.39 is 17.0 Å². The molecule has 1 N–H and O–H groups in total. The summed E-state index contributed by atoms with van der Waals surface area (Å²) in [5.74, 6) is -0.287. The number of Topliss-reactive ketones (excluding diaryl/α,β-unsaturated/α-hetero) is 1. The normalized spacial score (nSPS) is 15.0. The van der Waals surface area contributed by atoms with Gasteiger partial charge < -0.3 is 14.3 Å². The first kappa shape index (κ1) is 19.7. The average molecular weight is 402 g/mol. The maximum absolute atomic E-state index is 13.1. The molecule has 5 heteroatoms. The van der Waals surface area contributed by atoms with Crippen LogP contribution in [0.2, 0.25) is 0 Å². The van der Waals surface area contributed by atoms with Crippen molar-refractivity contribution >= 4 is 22.8 Å². The number of hydrogen-bond acceptors (Lipinski definition) is 5. The van der Waals surface area contributed by atoms with Gasteiger partial charge in [-0.15, -0.1) is 0 Å². The molecule has 2 aromatic carbocycles. The van der Waals surface area contributed by atoms with Crippen molar-refractivity contribution in [1.29, 1.82) is 0 Å². The van der Waals surface area contributed by atoms with Gasteiger partial charge in [0, 0.05) is 11.6 Å². The molecule has 1 aromatic heterocycles. The Balaban J connectivity index is 2.23. The van der Waals surface area contributed by atoms with Gasteiger partial charge in [0.15, 0.2) is 11.4 Å². The van der Waals surface area contributed by atoms with Crippen LogP contribution < -0.4 is 10.4 Å². The minimum absolute atomic E-state index is 0.0231. The van der Waals surface area contributed by atoms with Crippen molar-refractivity contribution in [3.63, 3.8) is 0 Å². The molecule has 4 rings (SSSR count). The zero-order valence-electron chi connectivity index (χ0n) is 17.3. The predicted molar refractivity (Wildman–Crippen MR) is 117 cm³/mol. The van der Waals surface area contributed by atoms with Gasteiger partial charge in [-0.2, -0.15) is 0 Å². The van der Waals surface area contributed by atoms with Crippen molar-refractivity contribution in [2.75, 3.05) is 0 Å². The Hall–Kier alpha value is -3.60. The molecule has 0 amide bonds. The summed E-state index contributed by atoms with van der Waals surface area (Å²) in [5, 5.41) is 11.5. The van der Waals surface area contributed by atoms with Crippen LogP contribution in [0.15, 0.2) is 63.3 Å². The number of allylic oxidation sites excluding steroid dienone is 2. The molecule has 152 valence electrons. The van der Waals surface area contributed by atoms with Gasteiger partial charge >= 0.3 is 5.63 Å². The van der Waals surface area contributed by atoms with Crippen molar-refractivity contribution in [1.82, 2.24) is 0 Å². The van der Waals surface area contributed by atoms with Crippen LogP contribution >= 0.6 is 0 Å². The SMILES string of the molecule is C/C=C(\C)C(=O)c1c(O)c2c(c3c(-c4ccccc4)cc(=O)oc13)OC(C)(C)C=C2. The predicted octanol–water partition coefficient (Wildman–Crippen LogP) is 5.50. The number of rotatable bonds is 3. The lowest BCUT2D eigenvalue weighted by atomic mass is 9.90. The van der Waals surface area contributed by atoms with Crippen LogP contribution in [0.5, 0.6) is 11.5 Å². The molecule has 1 aliphatic heterocycles. The van der Waals surface area contributed by atoms with Crippen molar-refractivity contribution in [3.8, 4) is 22.6 Å². The van der Waals surface area contributed by atoms with Crippen LogP contribution in [0.1, 0.15) is 43.6 Å². The number of phenolic OH excluding ortho intramolecular Hbond substituents is 1. The number of aromatic hydroxyl groups is 1. The average Bonchev–Trinajstić information content (AvgIpc) is 2.72. The molecule has 0 unspecified atom stereocenters. The van der Waals surface area contributed by atoms with E-state index in [1.54, 1.807) is 26.0 Å². The van der Waals surface area contributed by atoms with E-state index >= 15 is 0 Å². The third-order valence-corrected chi connectivity index (χ3v) is 5.27. The Morgan fingerprint density at radius 3 is 2.53 bits per heavy atom. The van der Waals surface area contributed by atoms with Crippen LogP contribution in [0.25, 0.3) is 28.2 Å². The minimum Gasteiger partial charge on any atom is -0.506 e. The summed E-state index contributed by atoms with van der Waals surface area (Å²) in [6.45, 7) is 7.17. The van der Waals surface area contributed by atoms with Crippen LogP contribution in [0.3, 0.4) is 0 Å². The van der Waals surface area contributed by atoms with Gasteiger partial charge in [-0.05, 0) is 51.0 Å². The number of ketones is 1. The lowest BCUT2D eigenvalue weighted by molar-refractivity contribution is 0.103. The third-order valence-electron chi connectivity index (χ3n) is 5.27. The Morgan fingerprint density at radius 1 is 1.17 bits per heavy atom. The highest BCUT2D eigenvalue weighted by atomic mass is 16.5. The lowest BCUT2D eigenvalue weighted by Crippen LogP contribution is -2.28. The van der Waals surface area contributed by atoms with E-state index in [4.69, 9.17) is 9.15 Å². The van der Waals surface area contributed by atoms with Crippen molar-refractivity contribution in [2.45, 2.75) is 33.3 Å². The maximum Gasteiger partial charge on any atom is 0.336 e. The molecular formula is C25H22O5. The number of fused-ring (bicyclic) bond motifs is 3. The lowest BCUT2D eigenvalue weighted by Gasteiger charge is -2.30. The summed E-state index contributed by atoms with van der Waals surface area (Å²) in [6, 6.07) is 10.7. The van der Waals surface area contributed by atoms with Gasteiger partial charge in [-0.25, -0.2) is 4.79 Å². The molecule has 0 fully saturated rings. The number of carbonyl (C=O) groups excluding carboxylic acids is 1. The Labute approximate surface area is 173 Å². The summed E-state index contributed by atoms with van der Waals surface area (Å²) in [6.07, 6.45) is 5.22. The van der Waals surface area contributed by atoms with Crippen molar-refractivity contribution in [3.05, 3.63) is 75.7 Å². The summed E-state index contributed by atoms with van der Waals surface area (Å²) in [7, 11) is 0. The number of ether oxygens (including phenoxy) is 1. The molecule has 0 spiro atoms. The molecule has 3 aromatic rings. The Bertz CT molecular complexity index is 1290. The standard InChI is InChI=1S/C25H22O5/c1-5-14(2)21(27)20-22(28)16-11-12-25(3,4)30-23(16)19-17(13-18(26)29-24(19)20)15-9-7-6-8-10-15/h5-13,28H,1-4H3/b14-5+. The van der Waals surface area contributed by atoms with E-state index in [9.17, 15) is 14.7 Å². The van der Waals surface area contributed by atoms with Crippen LogP contribution in [-0.2, 0) is 0 Å². The number of hydrogen-bond donors (Lipinski definition) is 1. The van der Waals surface area contributed by atoms with Crippen LogP contribution in [0.4, 0.5) is 0 Å². The number of phenols is 1. The minimum atomic E-state index is -0.638. The Morgan fingerprint density at radius 2 is 1.87 bits per heavy atom. The first-order valence-electron chi connectivity index (χ1n) is 9.71. The van der Waals surface area contributed by atoms with E-state index in [1.165, 1.54) is 6.07 Å². The molecule has 1 aliphatic rings. The zero-order valence-corrected chi connectivity index (χ0v) is 17.3. The summed E-state index contributed by atoms with van der Waals surface area (Å²) in [4.78, 5) is 25.6. The van der Waals surface area contributed by atoms with Gasteiger partial charge in [0.1, 0.15) is 22.7 Å². The maximum atomic E-state index is 13.1. The monoisotopic (exact) mass is 402 g/mol. The fourth-order valence-corrected chi connectivity index (χ4v) is 3.61. The molecule has 0 saturated heterocycles. The first-order valence-corrected chi connectivity index (χ1v) is 9.71. The molecular weight excluding hydrogens is 380 g/mol. The van der Waals surface area contributed by atoms with Crippen LogP contribution in [0, 0.1) is 0 Å². The molecule has 0 bridgehead atoms. The second-order valence-electron chi connectivity index (χ2n) is 7.86. The molecule has 0 aliphatic carbocycles. The van der Waals surface area contributed by atoms with Gasteiger partial charge in [-0.3, -0.25) is 4.79 Å². The van der Waals surface area contributed by atoms with E-state index in [0.717, 1.165) is 5.56 Å². The third kappa shape index (κ3) is 3.12. The van der Waals surface area contributed by atoms with Gasteiger partial charge in [-0.1, -0.05) is 36.4 Å². The zero-order chi connectivity index (χ0) is 21.6. The highest BCUT2D eigenvalue weighted by Gasteiger charge is 2.32. The fraction of sp³-hybridized carbons (Fsp3) is 0.200. The van der Waals surface area contributed by atoms with E-state index in [0.29, 0.717) is 27.8 Å². The van der Waals surface area contributed by atoms with Gasteiger partial charge in [0.2, 0.25) is 0 Å². The van der Waals surface area contributed by atoms with E-state index in [-0.39, 0.29) is 16.9 Å². The van der Waals surface area contributed by atoms with Crippen LogP contribution in [-0.4, -0.2) is 16.5 Å². The number of carbonyl (C=O) groups is 1. The number of benzene rings is 2. The molecule has 0 radical (unpaired) electrons. The van der Waals surface area contributed by atoms with Crippen molar-refractivity contribution < 1.29 is 19.1 Å². The summed E-state index contributed by atoms with van der Waals surface area (Å²) in [5.41, 5.74) is 0.911. The second kappa shape index (κ2) is 7.02. The Kier molecular flexibility index (Phi) is 4.61. The molecule has 5 nitrogen and oxygen atoms in total. The van der Waals surface area contributed by atoms with Gasteiger partial charge in [0.05, 0.1) is 10.9 Å². The van der Waals surface area contributed by atoms with Crippen molar-refractivity contribution in [2.24, 2.45) is 0 Å². The molecule has 2 heterocycles. The highest BCUT2D eigenvalue weighted by molar-refractivity contribution is 6.20. The second-order valence-corrected chi connectivity index (χ2v) is 7.86. The largest absolute Gasteiger partial charge is 0.506 e. The summed E-state index contributed by atoms with van der Waals surface area (Å²) >= 11 is 0.